The number of guanidine groups is 1. The van der Waals surface area contributed by atoms with Crippen molar-refractivity contribution in [3.05, 3.63) is 66.0 Å². The Morgan fingerprint density at radius 1 is 1.17 bits per heavy atom. The third-order valence-corrected chi connectivity index (χ3v) is 4.57. The van der Waals surface area contributed by atoms with E-state index in [-0.39, 0.29) is 54.5 Å². The molecule has 6 nitrogen and oxygen atoms in total. The highest BCUT2D eigenvalue weighted by Gasteiger charge is 2.28. The Morgan fingerprint density at radius 3 is 2.53 bits per heavy atom. The zero-order valence-corrected chi connectivity index (χ0v) is 19.5. The van der Waals surface area contributed by atoms with Crippen LogP contribution < -0.4 is 10.6 Å². The summed E-state index contributed by atoms with van der Waals surface area (Å²) in [5, 5.41) is 6.09. The molecule has 2 aromatic carbocycles. The van der Waals surface area contributed by atoms with Gasteiger partial charge in [0.05, 0.1) is 12.6 Å². The average molecular weight is 526 g/mol. The SMILES string of the molecule is CCNC(=NCC(=O)Nc1ccccc1)N1CC(C)OC(c2ccc(F)cc2)C1.I. The first-order chi connectivity index (χ1) is 14.0. The molecule has 2 aromatic rings. The molecular weight excluding hydrogens is 498 g/mol. The van der Waals surface area contributed by atoms with E-state index in [1.165, 1.54) is 12.1 Å². The highest BCUT2D eigenvalue weighted by Crippen LogP contribution is 2.25. The quantitative estimate of drug-likeness (QED) is 0.354. The molecule has 2 unspecified atom stereocenters. The number of nitrogens with zero attached hydrogens (tertiary/aromatic N) is 2. The van der Waals surface area contributed by atoms with Crippen LogP contribution in [0.3, 0.4) is 0 Å². The molecule has 1 saturated heterocycles. The minimum absolute atomic E-state index is 0. The molecule has 2 atom stereocenters. The molecule has 1 aliphatic rings. The second kappa shape index (κ2) is 11.8. The fourth-order valence-electron chi connectivity index (χ4n) is 3.28. The van der Waals surface area contributed by atoms with E-state index in [2.05, 4.69) is 20.5 Å². The molecule has 3 rings (SSSR count). The van der Waals surface area contributed by atoms with Crippen molar-refractivity contribution in [3.63, 3.8) is 0 Å². The summed E-state index contributed by atoms with van der Waals surface area (Å²) in [7, 11) is 0. The standard InChI is InChI=1S/C22H27FN4O2.HI/c1-3-24-22(25-13-21(28)26-19-7-5-4-6-8-19)27-14-16(2)29-20(15-27)17-9-11-18(23)12-10-17;/h4-12,16,20H,3,13-15H2,1-2H3,(H,24,25)(H,26,28);1H. The number of anilines is 1. The van der Waals surface area contributed by atoms with E-state index >= 15 is 0 Å². The number of para-hydroxylation sites is 1. The zero-order chi connectivity index (χ0) is 20.6. The van der Waals surface area contributed by atoms with Crippen LogP contribution in [-0.4, -0.2) is 49.0 Å². The Labute approximate surface area is 193 Å². The van der Waals surface area contributed by atoms with E-state index < -0.39 is 0 Å². The number of hydrogen-bond donors (Lipinski definition) is 2. The van der Waals surface area contributed by atoms with Crippen LogP contribution in [0.5, 0.6) is 0 Å². The summed E-state index contributed by atoms with van der Waals surface area (Å²) in [6.45, 7) is 5.91. The molecular formula is C22H28FIN4O2. The van der Waals surface area contributed by atoms with Crippen LogP contribution >= 0.6 is 24.0 Å². The summed E-state index contributed by atoms with van der Waals surface area (Å²) in [5.74, 6) is 0.217. The van der Waals surface area contributed by atoms with E-state index in [9.17, 15) is 9.18 Å². The van der Waals surface area contributed by atoms with E-state index in [1.54, 1.807) is 12.1 Å². The summed E-state index contributed by atoms with van der Waals surface area (Å²) in [6, 6.07) is 15.7. The first kappa shape index (κ1) is 24.1. The smallest absolute Gasteiger partial charge is 0.246 e. The maximum absolute atomic E-state index is 13.2. The molecule has 30 heavy (non-hydrogen) atoms. The fourth-order valence-corrected chi connectivity index (χ4v) is 3.28. The number of morpholine rings is 1. The number of halogens is 2. The van der Waals surface area contributed by atoms with Crippen LogP contribution in [0.1, 0.15) is 25.5 Å². The van der Waals surface area contributed by atoms with Crippen molar-refractivity contribution in [3.8, 4) is 0 Å². The monoisotopic (exact) mass is 526 g/mol. The lowest BCUT2D eigenvalue weighted by atomic mass is 10.1. The Bertz CT molecular complexity index is 833. The van der Waals surface area contributed by atoms with Crippen molar-refractivity contribution in [2.45, 2.75) is 26.1 Å². The second-order valence-corrected chi connectivity index (χ2v) is 6.98. The topological polar surface area (TPSA) is 66.0 Å². The Morgan fingerprint density at radius 2 is 1.87 bits per heavy atom. The van der Waals surface area contributed by atoms with Gasteiger partial charge in [0.25, 0.3) is 0 Å². The lowest BCUT2D eigenvalue weighted by Crippen LogP contribution is -2.51. The lowest BCUT2D eigenvalue weighted by molar-refractivity contribution is -0.114. The summed E-state index contributed by atoms with van der Waals surface area (Å²) in [6.07, 6.45) is -0.220. The summed E-state index contributed by atoms with van der Waals surface area (Å²) in [5.41, 5.74) is 1.66. The largest absolute Gasteiger partial charge is 0.367 e. The highest BCUT2D eigenvalue weighted by atomic mass is 127. The predicted octanol–water partition coefficient (Wildman–Crippen LogP) is 3.81. The van der Waals surface area contributed by atoms with Crippen LogP contribution in [0.2, 0.25) is 0 Å². The van der Waals surface area contributed by atoms with Crippen molar-refractivity contribution < 1.29 is 13.9 Å². The Balaban J connectivity index is 0.00000320. The minimum Gasteiger partial charge on any atom is -0.367 e. The van der Waals surface area contributed by atoms with Gasteiger partial charge in [-0.2, -0.15) is 0 Å². The van der Waals surface area contributed by atoms with Gasteiger partial charge in [-0.15, -0.1) is 24.0 Å². The van der Waals surface area contributed by atoms with Gasteiger partial charge < -0.3 is 20.3 Å². The van der Waals surface area contributed by atoms with Gasteiger partial charge in [-0.25, -0.2) is 9.38 Å². The van der Waals surface area contributed by atoms with E-state index in [1.807, 2.05) is 44.2 Å². The number of ether oxygens (including phenoxy) is 1. The fraction of sp³-hybridized carbons (Fsp3) is 0.364. The molecule has 1 aliphatic heterocycles. The predicted molar refractivity (Wildman–Crippen MR) is 128 cm³/mol. The number of carbonyl (C=O) groups excluding carboxylic acids is 1. The third-order valence-electron chi connectivity index (χ3n) is 4.57. The first-order valence-corrected chi connectivity index (χ1v) is 9.84. The molecule has 1 fully saturated rings. The van der Waals surface area contributed by atoms with Crippen molar-refractivity contribution in [2.75, 3.05) is 31.5 Å². The van der Waals surface area contributed by atoms with Crippen molar-refractivity contribution in [1.29, 1.82) is 0 Å². The van der Waals surface area contributed by atoms with Crippen molar-refractivity contribution in [1.82, 2.24) is 10.2 Å². The van der Waals surface area contributed by atoms with Gasteiger partial charge in [0, 0.05) is 18.8 Å². The van der Waals surface area contributed by atoms with Gasteiger partial charge in [-0.05, 0) is 43.7 Å². The van der Waals surface area contributed by atoms with E-state index in [0.717, 1.165) is 11.3 Å². The van der Waals surface area contributed by atoms with Crippen molar-refractivity contribution in [2.24, 2.45) is 4.99 Å². The Hall–Kier alpha value is -2.20. The lowest BCUT2D eigenvalue weighted by Gasteiger charge is -2.38. The molecule has 8 heteroatoms. The van der Waals surface area contributed by atoms with Crippen LogP contribution in [-0.2, 0) is 9.53 Å². The molecule has 2 N–H and O–H groups in total. The summed E-state index contributed by atoms with van der Waals surface area (Å²) < 4.78 is 19.3. The summed E-state index contributed by atoms with van der Waals surface area (Å²) in [4.78, 5) is 18.9. The average Bonchev–Trinajstić information content (AvgIpc) is 2.72. The molecule has 0 aromatic heterocycles. The number of amides is 1. The Kier molecular flexibility index (Phi) is 9.51. The van der Waals surface area contributed by atoms with Crippen LogP contribution in [0.25, 0.3) is 0 Å². The number of carbonyl (C=O) groups is 1. The van der Waals surface area contributed by atoms with Crippen LogP contribution in [0.15, 0.2) is 59.6 Å². The third kappa shape index (κ3) is 6.94. The molecule has 162 valence electrons. The number of nitrogens with one attached hydrogen (secondary N) is 2. The van der Waals surface area contributed by atoms with Gasteiger partial charge in [0.1, 0.15) is 18.5 Å². The van der Waals surface area contributed by atoms with Gasteiger partial charge in [-0.3, -0.25) is 4.79 Å². The second-order valence-electron chi connectivity index (χ2n) is 6.98. The summed E-state index contributed by atoms with van der Waals surface area (Å²) >= 11 is 0. The molecule has 0 bridgehead atoms. The van der Waals surface area contributed by atoms with Gasteiger partial charge >= 0.3 is 0 Å². The maximum atomic E-state index is 13.2. The molecule has 0 aliphatic carbocycles. The van der Waals surface area contributed by atoms with Gasteiger partial charge in [0.15, 0.2) is 5.96 Å². The van der Waals surface area contributed by atoms with Crippen molar-refractivity contribution >= 4 is 41.5 Å². The minimum atomic E-state index is -0.270. The first-order valence-electron chi connectivity index (χ1n) is 9.84. The molecule has 0 radical (unpaired) electrons. The molecule has 1 heterocycles. The number of benzene rings is 2. The molecule has 1 amide bonds. The van der Waals surface area contributed by atoms with E-state index in [0.29, 0.717) is 25.6 Å². The maximum Gasteiger partial charge on any atom is 0.246 e. The highest BCUT2D eigenvalue weighted by molar-refractivity contribution is 14.0. The number of hydrogen-bond acceptors (Lipinski definition) is 3. The van der Waals surface area contributed by atoms with Gasteiger partial charge in [-0.1, -0.05) is 30.3 Å². The normalized spacial score (nSPS) is 19.0. The van der Waals surface area contributed by atoms with E-state index in [4.69, 9.17) is 4.74 Å². The molecule has 0 spiro atoms. The number of rotatable bonds is 5. The van der Waals surface area contributed by atoms with Crippen LogP contribution in [0.4, 0.5) is 10.1 Å². The molecule has 0 saturated carbocycles. The van der Waals surface area contributed by atoms with Crippen LogP contribution in [0, 0.1) is 5.82 Å². The zero-order valence-electron chi connectivity index (χ0n) is 17.2. The number of aliphatic imine (C=N–C) groups is 1. The van der Waals surface area contributed by atoms with Gasteiger partial charge in [0.2, 0.25) is 5.91 Å².